The Bertz CT molecular complexity index is 787. The molecule has 2 atom stereocenters. The molecule has 0 saturated carbocycles. The van der Waals surface area contributed by atoms with Gasteiger partial charge in [0.1, 0.15) is 18.1 Å². The summed E-state index contributed by atoms with van der Waals surface area (Å²) in [4.78, 5) is 11.6. The maximum absolute atomic E-state index is 11.6. The van der Waals surface area contributed by atoms with Crippen molar-refractivity contribution in [2.75, 3.05) is 21.3 Å². The van der Waals surface area contributed by atoms with Gasteiger partial charge in [0.25, 0.3) is 0 Å². The zero-order valence-electron chi connectivity index (χ0n) is 17.8. The fourth-order valence-electron chi connectivity index (χ4n) is 2.95. The van der Waals surface area contributed by atoms with Crippen molar-refractivity contribution in [3.8, 4) is 17.2 Å². The summed E-state index contributed by atoms with van der Waals surface area (Å²) in [6.45, 7) is 4.50. The van der Waals surface area contributed by atoms with Gasteiger partial charge in [-0.25, -0.2) is 0 Å². The third-order valence-corrected chi connectivity index (χ3v) is 4.63. The van der Waals surface area contributed by atoms with Crippen LogP contribution in [-0.2, 0) is 27.5 Å². The van der Waals surface area contributed by atoms with E-state index in [4.69, 9.17) is 23.7 Å². The van der Waals surface area contributed by atoms with Gasteiger partial charge >= 0.3 is 0 Å². The molecule has 0 spiro atoms. The van der Waals surface area contributed by atoms with E-state index in [0.29, 0.717) is 30.9 Å². The number of rotatable bonds is 14. The molecule has 0 amide bonds. The summed E-state index contributed by atoms with van der Waals surface area (Å²) in [5.41, 5.74) is 1.91. The first-order valence-corrected chi connectivity index (χ1v) is 9.76. The monoisotopic (exact) mass is 414 g/mol. The molecule has 6 nitrogen and oxygen atoms in total. The van der Waals surface area contributed by atoms with E-state index in [2.05, 4.69) is 6.58 Å². The van der Waals surface area contributed by atoms with Crippen LogP contribution in [0.1, 0.15) is 24.0 Å². The van der Waals surface area contributed by atoms with Crippen molar-refractivity contribution < 1.29 is 28.5 Å². The SMILES string of the molecule is C=CC[C@@H](C[C@H](C=O)OCc1ccc(OC)c(OC)c1)OCc1ccc(OC)cc1. The lowest BCUT2D eigenvalue weighted by molar-refractivity contribution is -0.122. The van der Waals surface area contributed by atoms with Crippen LogP contribution in [0, 0.1) is 0 Å². The zero-order chi connectivity index (χ0) is 21.8. The van der Waals surface area contributed by atoms with E-state index in [9.17, 15) is 4.79 Å². The normalized spacial score (nSPS) is 12.6. The van der Waals surface area contributed by atoms with Gasteiger partial charge in [-0.05, 0) is 41.8 Å². The minimum absolute atomic E-state index is 0.176. The quantitative estimate of drug-likeness (QED) is 0.338. The van der Waals surface area contributed by atoms with Crippen LogP contribution in [0.15, 0.2) is 55.1 Å². The number of benzene rings is 2. The van der Waals surface area contributed by atoms with Crippen LogP contribution < -0.4 is 14.2 Å². The van der Waals surface area contributed by atoms with E-state index in [-0.39, 0.29) is 12.7 Å². The van der Waals surface area contributed by atoms with Crippen molar-refractivity contribution in [3.63, 3.8) is 0 Å². The number of carbonyl (C=O) groups excluding carboxylic acids is 1. The number of aldehydes is 1. The van der Waals surface area contributed by atoms with Gasteiger partial charge in [-0.3, -0.25) is 0 Å². The lowest BCUT2D eigenvalue weighted by Gasteiger charge is -2.20. The largest absolute Gasteiger partial charge is 0.497 e. The molecule has 0 unspecified atom stereocenters. The molecular formula is C24H30O6. The molecule has 0 fully saturated rings. The second-order valence-corrected chi connectivity index (χ2v) is 6.72. The standard InChI is InChI=1S/C24H30O6/c1-5-6-21(29-16-18-7-10-20(26-2)11-8-18)14-22(15-25)30-17-19-9-12-23(27-3)24(13-19)28-4/h5,7-13,15,21-22H,1,6,14,16-17H2,2-4H3/t21-,22+/m0/s1. The molecule has 162 valence electrons. The van der Waals surface area contributed by atoms with Gasteiger partial charge < -0.3 is 28.5 Å². The van der Waals surface area contributed by atoms with Gasteiger partial charge in [0.15, 0.2) is 11.5 Å². The van der Waals surface area contributed by atoms with Crippen LogP contribution in [0.4, 0.5) is 0 Å². The second kappa shape index (κ2) is 12.7. The highest BCUT2D eigenvalue weighted by atomic mass is 16.5. The molecule has 0 bridgehead atoms. The van der Waals surface area contributed by atoms with Crippen LogP contribution in [0.5, 0.6) is 17.2 Å². The molecule has 6 heteroatoms. The fourth-order valence-corrected chi connectivity index (χ4v) is 2.95. The minimum atomic E-state index is -0.584. The van der Waals surface area contributed by atoms with Gasteiger partial charge in [0, 0.05) is 6.42 Å². The molecule has 2 rings (SSSR count). The number of carbonyl (C=O) groups is 1. The van der Waals surface area contributed by atoms with Gasteiger partial charge in [0.2, 0.25) is 0 Å². The van der Waals surface area contributed by atoms with E-state index in [1.54, 1.807) is 27.4 Å². The van der Waals surface area contributed by atoms with Crippen molar-refractivity contribution in [1.29, 1.82) is 0 Å². The van der Waals surface area contributed by atoms with E-state index in [0.717, 1.165) is 23.2 Å². The van der Waals surface area contributed by atoms with Crippen molar-refractivity contribution in [1.82, 2.24) is 0 Å². The van der Waals surface area contributed by atoms with Gasteiger partial charge in [-0.15, -0.1) is 6.58 Å². The number of methoxy groups -OCH3 is 3. The Morgan fingerprint density at radius 3 is 2.13 bits per heavy atom. The summed E-state index contributed by atoms with van der Waals surface area (Å²) in [6.07, 6.45) is 2.91. The van der Waals surface area contributed by atoms with Crippen LogP contribution in [0.25, 0.3) is 0 Å². The summed E-state index contributed by atoms with van der Waals surface area (Å²) < 4.78 is 27.5. The van der Waals surface area contributed by atoms with Crippen molar-refractivity contribution in [2.24, 2.45) is 0 Å². The predicted molar refractivity (Wildman–Crippen MR) is 115 cm³/mol. The van der Waals surface area contributed by atoms with E-state index >= 15 is 0 Å². The molecule has 2 aromatic rings. The highest BCUT2D eigenvalue weighted by Gasteiger charge is 2.17. The molecular weight excluding hydrogens is 384 g/mol. The summed E-state index contributed by atoms with van der Waals surface area (Å²) >= 11 is 0. The summed E-state index contributed by atoms with van der Waals surface area (Å²) in [7, 11) is 4.80. The van der Waals surface area contributed by atoms with Crippen LogP contribution in [0.2, 0.25) is 0 Å². The molecule has 0 radical (unpaired) electrons. The lowest BCUT2D eigenvalue weighted by Crippen LogP contribution is -2.24. The molecule has 0 aliphatic carbocycles. The van der Waals surface area contributed by atoms with Crippen LogP contribution >= 0.6 is 0 Å². The Morgan fingerprint density at radius 2 is 1.53 bits per heavy atom. The molecule has 0 saturated heterocycles. The Morgan fingerprint density at radius 1 is 0.867 bits per heavy atom. The highest BCUT2D eigenvalue weighted by Crippen LogP contribution is 2.28. The zero-order valence-corrected chi connectivity index (χ0v) is 17.8. The van der Waals surface area contributed by atoms with Crippen molar-refractivity contribution in [3.05, 3.63) is 66.2 Å². The Labute approximate surface area is 178 Å². The summed E-state index contributed by atoms with van der Waals surface area (Å²) in [5.74, 6) is 2.06. The molecule has 0 aliphatic heterocycles. The molecule has 0 aromatic heterocycles. The van der Waals surface area contributed by atoms with Crippen molar-refractivity contribution in [2.45, 2.75) is 38.3 Å². The first-order chi connectivity index (χ1) is 14.6. The van der Waals surface area contributed by atoms with Crippen LogP contribution in [-0.4, -0.2) is 39.8 Å². The topological polar surface area (TPSA) is 63.2 Å². The number of hydrogen-bond donors (Lipinski definition) is 0. The third kappa shape index (κ3) is 7.21. The van der Waals surface area contributed by atoms with E-state index in [1.165, 1.54) is 0 Å². The molecule has 30 heavy (non-hydrogen) atoms. The minimum Gasteiger partial charge on any atom is -0.497 e. The second-order valence-electron chi connectivity index (χ2n) is 6.72. The molecule has 0 heterocycles. The maximum Gasteiger partial charge on any atom is 0.161 e. The average molecular weight is 414 g/mol. The fraction of sp³-hybridized carbons (Fsp3) is 0.375. The smallest absolute Gasteiger partial charge is 0.161 e. The van der Waals surface area contributed by atoms with Crippen molar-refractivity contribution >= 4 is 6.29 Å². The van der Waals surface area contributed by atoms with Gasteiger partial charge in [0.05, 0.1) is 40.6 Å². The highest BCUT2D eigenvalue weighted by molar-refractivity contribution is 5.56. The van der Waals surface area contributed by atoms with E-state index < -0.39 is 6.10 Å². The van der Waals surface area contributed by atoms with Gasteiger partial charge in [-0.1, -0.05) is 24.3 Å². The average Bonchev–Trinajstić information content (AvgIpc) is 2.80. The summed E-state index contributed by atoms with van der Waals surface area (Å²) in [5, 5.41) is 0. The molecule has 0 N–H and O–H groups in total. The Kier molecular flexibility index (Phi) is 9.91. The maximum atomic E-state index is 11.6. The van der Waals surface area contributed by atoms with Gasteiger partial charge in [-0.2, -0.15) is 0 Å². The summed E-state index contributed by atoms with van der Waals surface area (Å²) in [6, 6.07) is 13.2. The predicted octanol–water partition coefficient (Wildman–Crippen LogP) is 4.35. The third-order valence-electron chi connectivity index (χ3n) is 4.63. The molecule has 0 aliphatic rings. The first-order valence-electron chi connectivity index (χ1n) is 9.76. The molecule has 2 aromatic carbocycles. The first kappa shape index (κ1) is 23.4. The number of ether oxygens (including phenoxy) is 5. The Hall–Kier alpha value is -2.83. The number of hydrogen-bond acceptors (Lipinski definition) is 6. The Balaban J connectivity index is 1.91. The van der Waals surface area contributed by atoms with Crippen LogP contribution in [0.3, 0.4) is 0 Å². The van der Waals surface area contributed by atoms with E-state index in [1.807, 2.05) is 42.5 Å². The lowest BCUT2D eigenvalue weighted by atomic mass is 10.1.